The molecule has 148 valence electrons. The van der Waals surface area contributed by atoms with E-state index in [9.17, 15) is 19.2 Å². The Hall–Kier alpha value is -3.13. The molecule has 2 rings (SSSR count). The van der Waals surface area contributed by atoms with Gasteiger partial charge in [0, 0.05) is 0 Å². The van der Waals surface area contributed by atoms with Gasteiger partial charge >= 0.3 is 17.1 Å². The number of allylic oxidation sites excluding steroid dienone is 2. The Morgan fingerprint density at radius 1 is 1.00 bits per heavy atom. The first-order chi connectivity index (χ1) is 13.2. The number of carbonyl (C=O) groups excluding carboxylic acids is 1. The number of aryl methyl sites for hydroxylation is 2. The Labute approximate surface area is 166 Å². The van der Waals surface area contributed by atoms with Crippen LogP contribution in [-0.4, -0.2) is 19.6 Å². The molecule has 1 N–H and O–H groups in total. The van der Waals surface area contributed by atoms with Gasteiger partial charge in [-0.25, -0.2) is 28.1 Å². The quantitative estimate of drug-likeness (QED) is 0.706. The number of aromatic nitrogens is 3. The van der Waals surface area contributed by atoms with Crippen molar-refractivity contribution in [3.05, 3.63) is 85.0 Å². The molecule has 9 heteroatoms. The van der Waals surface area contributed by atoms with Crippen molar-refractivity contribution in [2.24, 2.45) is 0 Å². The summed E-state index contributed by atoms with van der Waals surface area (Å²) in [6, 6.07) is 3.53. The smallest absolute Gasteiger partial charge is 0.323 e. The Morgan fingerprint density at radius 2 is 1.50 bits per heavy atom. The lowest BCUT2D eigenvalue weighted by Gasteiger charge is -2.14. The van der Waals surface area contributed by atoms with Crippen LogP contribution in [0.2, 0.25) is 5.02 Å². The number of hydrogen-bond donors (Lipinski definition) is 1. The molecule has 1 amide bonds. The van der Waals surface area contributed by atoms with E-state index >= 15 is 0 Å². The fourth-order valence-electron chi connectivity index (χ4n) is 2.79. The lowest BCUT2D eigenvalue weighted by atomic mass is 10.1. The Kier molecular flexibility index (Phi) is 6.58. The molecule has 0 aliphatic carbocycles. The Morgan fingerprint density at radius 3 is 1.96 bits per heavy atom. The van der Waals surface area contributed by atoms with Crippen LogP contribution in [0.5, 0.6) is 0 Å². The number of hydrogen-bond acceptors (Lipinski definition) is 4. The third-order valence-electron chi connectivity index (χ3n) is 4.01. The summed E-state index contributed by atoms with van der Waals surface area (Å²) in [6.07, 6.45) is 2.71. The summed E-state index contributed by atoms with van der Waals surface area (Å²) in [5.41, 5.74) is -0.499. The highest BCUT2D eigenvalue weighted by atomic mass is 35.5. The van der Waals surface area contributed by atoms with E-state index in [0.29, 0.717) is 15.3 Å². The summed E-state index contributed by atoms with van der Waals surface area (Å²) in [7, 11) is 0. The van der Waals surface area contributed by atoms with Gasteiger partial charge in [0.05, 0.1) is 23.8 Å². The fourth-order valence-corrected chi connectivity index (χ4v) is 3.15. The van der Waals surface area contributed by atoms with Crippen molar-refractivity contribution >= 4 is 23.2 Å². The zero-order valence-electron chi connectivity index (χ0n) is 15.7. The fraction of sp³-hybridized carbons (Fsp3) is 0.263. The van der Waals surface area contributed by atoms with Crippen molar-refractivity contribution in [2.75, 3.05) is 5.32 Å². The van der Waals surface area contributed by atoms with Crippen LogP contribution in [0.3, 0.4) is 0 Å². The number of rotatable bonds is 7. The van der Waals surface area contributed by atoms with E-state index in [1.54, 1.807) is 13.0 Å². The Bertz CT molecular complexity index is 1050. The third kappa shape index (κ3) is 4.23. The van der Waals surface area contributed by atoms with Crippen molar-refractivity contribution in [2.45, 2.75) is 33.5 Å². The summed E-state index contributed by atoms with van der Waals surface area (Å²) in [6.45, 7) is 9.88. The van der Waals surface area contributed by atoms with Gasteiger partial charge in [-0.05, 0) is 31.0 Å². The SMILES string of the molecule is C=CCn1c(=O)n(CC=C)c(=O)n(CC(=O)Nc2c(C)cc(C)cc2Cl)c1=O. The number of anilines is 1. The van der Waals surface area contributed by atoms with E-state index in [0.717, 1.165) is 20.3 Å². The number of benzene rings is 1. The van der Waals surface area contributed by atoms with Crippen LogP contribution >= 0.6 is 11.6 Å². The lowest BCUT2D eigenvalue weighted by Crippen LogP contribution is -2.55. The van der Waals surface area contributed by atoms with Crippen molar-refractivity contribution < 1.29 is 4.79 Å². The molecule has 0 atom stereocenters. The van der Waals surface area contributed by atoms with Crippen molar-refractivity contribution in [3.63, 3.8) is 0 Å². The van der Waals surface area contributed by atoms with E-state index in [1.165, 1.54) is 12.2 Å². The first-order valence-electron chi connectivity index (χ1n) is 8.44. The molecule has 2 aromatic rings. The van der Waals surface area contributed by atoms with Gasteiger partial charge in [0.2, 0.25) is 5.91 Å². The maximum absolute atomic E-state index is 12.6. The van der Waals surface area contributed by atoms with Crippen molar-refractivity contribution in [3.8, 4) is 0 Å². The molecule has 1 aromatic carbocycles. The van der Waals surface area contributed by atoms with Crippen LogP contribution in [0.1, 0.15) is 11.1 Å². The molecular weight excluding hydrogens is 384 g/mol. The number of nitrogens with zero attached hydrogens (tertiary/aromatic N) is 3. The van der Waals surface area contributed by atoms with Gasteiger partial charge in [-0.3, -0.25) is 4.79 Å². The molecule has 0 saturated carbocycles. The Balaban J connectivity index is 2.48. The van der Waals surface area contributed by atoms with Crippen LogP contribution < -0.4 is 22.4 Å². The molecule has 0 unspecified atom stereocenters. The molecule has 0 radical (unpaired) electrons. The summed E-state index contributed by atoms with van der Waals surface area (Å²) in [5.74, 6) is -0.623. The molecule has 0 spiro atoms. The maximum Gasteiger partial charge on any atom is 0.337 e. The van der Waals surface area contributed by atoms with Crippen molar-refractivity contribution in [1.82, 2.24) is 13.7 Å². The second-order valence-corrected chi connectivity index (χ2v) is 6.63. The van der Waals surface area contributed by atoms with E-state index in [-0.39, 0.29) is 13.1 Å². The lowest BCUT2D eigenvalue weighted by molar-refractivity contribution is -0.116. The summed E-state index contributed by atoms with van der Waals surface area (Å²) >= 11 is 6.18. The molecule has 0 saturated heterocycles. The van der Waals surface area contributed by atoms with Crippen LogP contribution in [0.25, 0.3) is 0 Å². The molecule has 8 nitrogen and oxygen atoms in total. The summed E-state index contributed by atoms with van der Waals surface area (Å²) in [4.78, 5) is 49.9. The van der Waals surface area contributed by atoms with E-state index in [1.807, 2.05) is 13.0 Å². The molecule has 0 fully saturated rings. The highest BCUT2D eigenvalue weighted by Crippen LogP contribution is 2.27. The maximum atomic E-state index is 12.6. The molecule has 0 aliphatic heterocycles. The van der Waals surface area contributed by atoms with Gasteiger partial charge < -0.3 is 5.32 Å². The minimum atomic E-state index is -0.892. The van der Waals surface area contributed by atoms with E-state index in [4.69, 9.17) is 11.6 Å². The normalized spacial score (nSPS) is 10.5. The second kappa shape index (κ2) is 8.71. The number of amides is 1. The highest BCUT2D eigenvalue weighted by molar-refractivity contribution is 6.34. The van der Waals surface area contributed by atoms with Gasteiger partial charge in [0.1, 0.15) is 6.54 Å². The average molecular weight is 405 g/mol. The largest absolute Gasteiger partial charge is 0.337 e. The zero-order valence-corrected chi connectivity index (χ0v) is 16.5. The standard InChI is InChI=1S/C19H21ClN4O4/c1-5-7-22-17(26)23(8-6-2)19(28)24(18(22)27)11-15(25)21-16-13(4)9-12(3)10-14(16)20/h5-6,9-10H,1-2,7-8,11H2,3-4H3,(H,21,25). The van der Waals surface area contributed by atoms with Gasteiger partial charge in [-0.2, -0.15) is 0 Å². The van der Waals surface area contributed by atoms with Gasteiger partial charge in [0.15, 0.2) is 0 Å². The predicted octanol–water partition coefficient (Wildman–Crippen LogP) is 1.45. The number of halogens is 1. The molecular formula is C19H21ClN4O4. The summed E-state index contributed by atoms with van der Waals surface area (Å²) < 4.78 is 2.35. The minimum Gasteiger partial charge on any atom is -0.323 e. The first kappa shape index (κ1) is 21.2. The topological polar surface area (TPSA) is 95.1 Å². The van der Waals surface area contributed by atoms with Crippen LogP contribution in [0.15, 0.2) is 51.8 Å². The molecule has 0 bridgehead atoms. The third-order valence-corrected chi connectivity index (χ3v) is 4.30. The molecule has 28 heavy (non-hydrogen) atoms. The van der Waals surface area contributed by atoms with Crippen molar-refractivity contribution in [1.29, 1.82) is 0 Å². The highest BCUT2D eigenvalue weighted by Gasteiger charge is 2.17. The zero-order chi connectivity index (χ0) is 21.0. The summed E-state index contributed by atoms with van der Waals surface area (Å²) in [5, 5.41) is 2.97. The molecule has 1 heterocycles. The van der Waals surface area contributed by atoms with E-state index < -0.39 is 29.5 Å². The molecule has 0 aliphatic rings. The van der Waals surface area contributed by atoms with E-state index in [2.05, 4.69) is 18.5 Å². The monoisotopic (exact) mass is 404 g/mol. The minimum absolute atomic E-state index is 0.0976. The van der Waals surface area contributed by atoms with Crippen LogP contribution in [0.4, 0.5) is 5.69 Å². The van der Waals surface area contributed by atoms with Gasteiger partial charge in [-0.1, -0.05) is 29.8 Å². The predicted molar refractivity (Wildman–Crippen MR) is 109 cm³/mol. The van der Waals surface area contributed by atoms with Crippen LogP contribution in [0, 0.1) is 13.8 Å². The van der Waals surface area contributed by atoms with Gasteiger partial charge in [-0.15, -0.1) is 13.2 Å². The number of carbonyl (C=O) groups is 1. The molecule has 1 aromatic heterocycles. The average Bonchev–Trinajstić information content (AvgIpc) is 2.62. The van der Waals surface area contributed by atoms with Gasteiger partial charge in [0.25, 0.3) is 0 Å². The second-order valence-electron chi connectivity index (χ2n) is 6.22. The van der Waals surface area contributed by atoms with Crippen LogP contribution in [-0.2, 0) is 24.4 Å². The first-order valence-corrected chi connectivity index (χ1v) is 8.82. The number of nitrogens with one attached hydrogen (secondary N) is 1.